The number of hydrogen-bond donors (Lipinski definition) is 0. The van der Waals surface area contributed by atoms with Gasteiger partial charge in [-0.25, -0.2) is 0 Å². The van der Waals surface area contributed by atoms with E-state index in [9.17, 15) is 9.59 Å². The Kier molecular flexibility index (Phi) is 6.18. The van der Waals surface area contributed by atoms with Gasteiger partial charge < -0.3 is 9.80 Å². The number of nitrogens with zero attached hydrogens (tertiary/aromatic N) is 6. The lowest BCUT2D eigenvalue weighted by Crippen LogP contribution is -2.42. The first-order valence-electron chi connectivity index (χ1n) is 12.2. The molecule has 3 aliphatic rings. The average Bonchev–Trinajstić information content (AvgIpc) is 3.31. The normalized spacial score (nSPS) is 20.7. The van der Waals surface area contributed by atoms with E-state index in [0.717, 1.165) is 48.7 Å². The standard InChI is InChI=1S/C28H30N6O2/c1-19-5-9-23(10-6-19)33-27(35)25(21(3)29-33)17-31-13-15-32(16-14-31)18-26-22(4)30-34(28(26)36)24-11-7-20(2)8-12-24/h5-12,17-18H,13-16H2,1-4H3. The van der Waals surface area contributed by atoms with E-state index in [0.29, 0.717) is 22.6 Å². The van der Waals surface area contributed by atoms with Crippen LogP contribution in [-0.4, -0.2) is 59.2 Å². The Morgan fingerprint density at radius 2 is 0.917 bits per heavy atom. The van der Waals surface area contributed by atoms with Gasteiger partial charge >= 0.3 is 0 Å². The Morgan fingerprint density at radius 1 is 0.583 bits per heavy atom. The number of piperazine rings is 1. The minimum absolute atomic E-state index is 0.111. The van der Waals surface area contributed by atoms with Gasteiger partial charge in [0.25, 0.3) is 11.8 Å². The van der Waals surface area contributed by atoms with Gasteiger partial charge in [0.1, 0.15) is 0 Å². The third kappa shape index (κ3) is 4.54. The van der Waals surface area contributed by atoms with Crippen LogP contribution in [0.5, 0.6) is 0 Å². The minimum Gasteiger partial charge on any atom is -0.373 e. The van der Waals surface area contributed by atoms with Crippen molar-refractivity contribution in [3.8, 4) is 0 Å². The number of benzene rings is 2. The Bertz CT molecular complexity index is 1210. The molecule has 2 aromatic carbocycles. The number of carbonyl (C=O) groups excluding carboxylic acids is 2. The van der Waals surface area contributed by atoms with Crippen molar-refractivity contribution in [3.05, 3.63) is 83.2 Å². The van der Waals surface area contributed by atoms with E-state index in [1.807, 2.05) is 88.6 Å². The van der Waals surface area contributed by atoms with Crippen LogP contribution in [0.3, 0.4) is 0 Å². The summed E-state index contributed by atoms with van der Waals surface area (Å²) in [4.78, 5) is 30.4. The van der Waals surface area contributed by atoms with E-state index in [4.69, 9.17) is 0 Å². The molecule has 3 aliphatic heterocycles. The zero-order valence-corrected chi connectivity index (χ0v) is 21.1. The summed E-state index contributed by atoms with van der Waals surface area (Å²) in [6, 6.07) is 15.6. The molecule has 8 heteroatoms. The van der Waals surface area contributed by atoms with Gasteiger partial charge in [-0.05, 0) is 52.0 Å². The van der Waals surface area contributed by atoms with Crippen LogP contribution in [0.1, 0.15) is 25.0 Å². The van der Waals surface area contributed by atoms with Crippen LogP contribution in [0.25, 0.3) is 0 Å². The number of amides is 2. The van der Waals surface area contributed by atoms with Crippen molar-refractivity contribution >= 4 is 34.6 Å². The van der Waals surface area contributed by atoms with E-state index < -0.39 is 0 Å². The molecule has 0 aliphatic carbocycles. The maximum Gasteiger partial charge on any atom is 0.282 e. The highest BCUT2D eigenvalue weighted by molar-refractivity contribution is 6.30. The SMILES string of the molecule is CC1=NN(c2ccc(C)cc2)C(=O)C1=CN1CCN(C=C2C(=O)N(c3ccc(C)cc3)N=C2C)CC1. The Balaban J connectivity index is 1.23. The summed E-state index contributed by atoms with van der Waals surface area (Å²) in [6.07, 6.45) is 3.85. The molecule has 0 N–H and O–H groups in total. The number of rotatable bonds is 4. The van der Waals surface area contributed by atoms with Crippen LogP contribution in [0, 0.1) is 13.8 Å². The Morgan fingerprint density at radius 3 is 1.25 bits per heavy atom. The predicted octanol–water partition coefficient (Wildman–Crippen LogP) is 3.83. The van der Waals surface area contributed by atoms with Crippen LogP contribution in [-0.2, 0) is 9.59 Å². The molecule has 8 nitrogen and oxygen atoms in total. The molecule has 0 saturated carbocycles. The van der Waals surface area contributed by atoms with Crippen LogP contribution in [0.4, 0.5) is 11.4 Å². The largest absolute Gasteiger partial charge is 0.373 e. The van der Waals surface area contributed by atoms with Crippen molar-refractivity contribution in [2.45, 2.75) is 27.7 Å². The lowest BCUT2D eigenvalue weighted by atomic mass is 10.1. The molecule has 36 heavy (non-hydrogen) atoms. The zero-order chi connectivity index (χ0) is 25.4. The minimum atomic E-state index is -0.111. The van der Waals surface area contributed by atoms with Crippen molar-refractivity contribution < 1.29 is 9.59 Å². The summed E-state index contributed by atoms with van der Waals surface area (Å²) in [5.41, 5.74) is 6.46. The van der Waals surface area contributed by atoms with Crippen molar-refractivity contribution in [2.24, 2.45) is 10.2 Å². The number of hydrazone groups is 2. The molecule has 0 unspecified atom stereocenters. The van der Waals surface area contributed by atoms with Gasteiger partial charge in [-0.15, -0.1) is 0 Å². The zero-order valence-electron chi connectivity index (χ0n) is 21.1. The van der Waals surface area contributed by atoms with Gasteiger partial charge in [-0.2, -0.15) is 20.2 Å². The molecule has 2 amide bonds. The molecule has 0 atom stereocenters. The molecule has 5 rings (SSSR count). The summed E-state index contributed by atoms with van der Waals surface area (Å²) in [7, 11) is 0. The maximum absolute atomic E-state index is 13.0. The first kappa shape index (κ1) is 23.5. The second-order valence-electron chi connectivity index (χ2n) is 9.43. The summed E-state index contributed by atoms with van der Waals surface area (Å²) >= 11 is 0. The van der Waals surface area contributed by atoms with Crippen LogP contribution < -0.4 is 10.0 Å². The smallest absolute Gasteiger partial charge is 0.282 e. The van der Waals surface area contributed by atoms with Crippen molar-refractivity contribution in [1.29, 1.82) is 0 Å². The fraction of sp³-hybridized carbons (Fsp3) is 0.286. The molecule has 0 radical (unpaired) electrons. The molecular weight excluding hydrogens is 452 g/mol. The second-order valence-corrected chi connectivity index (χ2v) is 9.43. The maximum atomic E-state index is 13.0. The molecular formula is C28H30N6O2. The second kappa shape index (κ2) is 9.45. The molecule has 3 heterocycles. The summed E-state index contributed by atoms with van der Waals surface area (Å²) < 4.78 is 0. The first-order chi connectivity index (χ1) is 17.3. The fourth-order valence-corrected chi connectivity index (χ4v) is 4.42. The van der Waals surface area contributed by atoms with Gasteiger partial charge in [0.05, 0.1) is 33.9 Å². The number of anilines is 2. The van der Waals surface area contributed by atoms with Crippen molar-refractivity contribution in [3.63, 3.8) is 0 Å². The van der Waals surface area contributed by atoms with Crippen LogP contribution in [0.15, 0.2) is 82.3 Å². The predicted molar refractivity (Wildman–Crippen MR) is 143 cm³/mol. The quantitative estimate of drug-likeness (QED) is 0.621. The summed E-state index contributed by atoms with van der Waals surface area (Å²) in [5.74, 6) is -0.221. The Hall–Kier alpha value is -4.20. The molecule has 184 valence electrons. The topological polar surface area (TPSA) is 71.8 Å². The summed E-state index contributed by atoms with van der Waals surface area (Å²) in [5, 5.41) is 11.9. The molecule has 0 spiro atoms. The molecule has 1 fully saturated rings. The lowest BCUT2D eigenvalue weighted by molar-refractivity contribution is -0.115. The van der Waals surface area contributed by atoms with Crippen molar-refractivity contribution in [1.82, 2.24) is 9.80 Å². The highest BCUT2D eigenvalue weighted by atomic mass is 16.2. The van der Waals surface area contributed by atoms with Crippen molar-refractivity contribution in [2.75, 3.05) is 36.2 Å². The highest BCUT2D eigenvalue weighted by Crippen LogP contribution is 2.26. The number of aryl methyl sites for hydroxylation is 2. The van der Waals surface area contributed by atoms with E-state index >= 15 is 0 Å². The van der Waals surface area contributed by atoms with E-state index in [2.05, 4.69) is 20.0 Å². The summed E-state index contributed by atoms with van der Waals surface area (Å²) in [6.45, 7) is 10.7. The van der Waals surface area contributed by atoms with Gasteiger partial charge in [0.2, 0.25) is 0 Å². The van der Waals surface area contributed by atoms with Gasteiger partial charge in [0.15, 0.2) is 0 Å². The average molecular weight is 483 g/mol. The number of hydrogen-bond acceptors (Lipinski definition) is 6. The third-order valence-electron chi connectivity index (χ3n) is 6.65. The first-order valence-corrected chi connectivity index (χ1v) is 12.2. The van der Waals surface area contributed by atoms with Gasteiger partial charge in [0, 0.05) is 38.6 Å². The third-order valence-corrected chi connectivity index (χ3v) is 6.65. The van der Waals surface area contributed by atoms with Crippen LogP contribution in [0.2, 0.25) is 0 Å². The van der Waals surface area contributed by atoms with E-state index in [1.165, 1.54) is 10.0 Å². The van der Waals surface area contributed by atoms with Gasteiger partial charge in [-0.1, -0.05) is 35.4 Å². The fourth-order valence-electron chi connectivity index (χ4n) is 4.42. The lowest BCUT2D eigenvalue weighted by Gasteiger charge is -2.34. The molecule has 0 aromatic heterocycles. The molecule has 0 bridgehead atoms. The van der Waals surface area contributed by atoms with E-state index in [1.54, 1.807) is 0 Å². The Labute approximate surface area is 211 Å². The van der Waals surface area contributed by atoms with E-state index in [-0.39, 0.29) is 11.8 Å². The molecule has 1 saturated heterocycles. The van der Waals surface area contributed by atoms with Crippen LogP contribution >= 0.6 is 0 Å². The monoisotopic (exact) mass is 482 g/mol. The number of carbonyl (C=O) groups is 2. The highest BCUT2D eigenvalue weighted by Gasteiger charge is 2.31. The molecule has 2 aromatic rings. The van der Waals surface area contributed by atoms with Gasteiger partial charge in [-0.3, -0.25) is 9.59 Å².